The quantitative estimate of drug-likeness (QED) is 0.478. The van der Waals surface area contributed by atoms with Gasteiger partial charge < -0.3 is 9.15 Å². The molecular weight excluding hydrogens is 364 g/mol. The van der Waals surface area contributed by atoms with E-state index in [9.17, 15) is 9.59 Å². The Morgan fingerprint density at radius 1 is 1.15 bits per heavy atom. The summed E-state index contributed by atoms with van der Waals surface area (Å²) in [6, 6.07) is 12.6. The van der Waals surface area contributed by atoms with Crippen LogP contribution in [0.4, 0.5) is 0 Å². The van der Waals surface area contributed by atoms with Crippen LogP contribution in [0.25, 0.3) is 11.0 Å². The first-order valence-electron chi connectivity index (χ1n) is 8.87. The smallest absolute Gasteiger partial charge is 0.336 e. The Labute approximate surface area is 161 Å². The second-order valence-electron chi connectivity index (χ2n) is 7.14. The standard InChI is InChI=1S/C22H19ClO4/c1-13-3-8-18-15(11-19(24)27-20(18)14(13)2)12-26-21(25)22(9-10-22)16-4-6-17(23)7-5-16/h3-8,11H,9-10,12H2,1-2H3. The molecule has 5 heteroatoms. The van der Waals surface area contributed by atoms with Crippen molar-refractivity contribution in [3.8, 4) is 0 Å². The van der Waals surface area contributed by atoms with Gasteiger partial charge in [0.15, 0.2) is 0 Å². The lowest BCUT2D eigenvalue weighted by Gasteiger charge is -2.16. The fourth-order valence-electron chi connectivity index (χ4n) is 3.43. The average Bonchev–Trinajstić information content (AvgIpc) is 3.45. The Bertz CT molecular complexity index is 1090. The van der Waals surface area contributed by atoms with Gasteiger partial charge in [0.05, 0.1) is 5.41 Å². The fourth-order valence-corrected chi connectivity index (χ4v) is 3.56. The third kappa shape index (κ3) is 3.15. The molecule has 4 rings (SSSR count). The molecule has 0 saturated heterocycles. The Balaban J connectivity index is 1.60. The maximum atomic E-state index is 12.8. The highest BCUT2D eigenvalue weighted by atomic mass is 35.5. The van der Waals surface area contributed by atoms with Gasteiger partial charge >= 0.3 is 11.6 Å². The fraction of sp³-hybridized carbons (Fsp3) is 0.273. The minimum atomic E-state index is -0.591. The van der Waals surface area contributed by atoms with Crippen LogP contribution in [0.15, 0.2) is 51.7 Å². The topological polar surface area (TPSA) is 56.5 Å². The predicted molar refractivity (Wildman–Crippen MR) is 104 cm³/mol. The largest absolute Gasteiger partial charge is 0.460 e. The maximum absolute atomic E-state index is 12.8. The van der Waals surface area contributed by atoms with Crippen molar-refractivity contribution in [2.45, 2.75) is 38.7 Å². The first-order valence-corrected chi connectivity index (χ1v) is 9.25. The van der Waals surface area contributed by atoms with E-state index in [0.717, 1.165) is 34.9 Å². The van der Waals surface area contributed by atoms with Gasteiger partial charge in [0.1, 0.15) is 12.2 Å². The number of benzene rings is 2. The average molecular weight is 383 g/mol. The summed E-state index contributed by atoms with van der Waals surface area (Å²) < 4.78 is 11.0. The van der Waals surface area contributed by atoms with Crippen molar-refractivity contribution in [1.82, 2.24) is 0 Å². The van der Waals surface area contributed by atoms with Gasteiger partial charge in [-0.05, 0) is 55.5 Å². The van der Waals surface area contributed by atoms with E-state index in [-0.39, 0.29) is 12.6 Å². The summed E-state index contributed by atoms with van der Waals surface area (Å²) in [4.78, 5) is 24.7. The van der Waals surface area contributed by atoms with Gasteiger partial charge in [-0.15, -0.1) is 0 Å². The van der Waals surface area contributed by atoms with Crippen LogP contribution in [0.5, 0.6) is 0 Å². The molecule has 1 fully saturated rings. The normalized spacial score (nSPS) is 14.9. The van der Waals surface area contributed by atoms with Gasteiger partial charge in [-0.1, -0.05) is 35.9 Å². The van der Waals surface area contributed by atoms with Crippen LogP contribution in [0.2, 0.25) is 5.02 Å². The SMILES string of the molecule is Cc1ccc2c(COC(=O)C3(c4ccc(Cl)cc4)CC3)cc(=O)oc2c1C. The molecule has 3 aromatic rings. The molecule has 0 N–H and O–H groups in total. The molecule has 2 aromatic carbocycles. The summed E-state index contributed by atoms with van der Waals surface area (Å²) in [7, 11) is 0. The third-order valence-corrected chi connectivity index (χ3v) is 5.67. The van der Waals surface area contributed by atoms with E-state index >= 15 is 0 Å². The first kappa shape index (κ1) is 17.8. The zero-order chi connectivity index (χ0) is 19.2. The molecular formula is C22H19ClO4. The second-order valence-corrected chi connectivity index (χ2v) is 7.58. The van der Waals surface area contributed by atoms with Gasteiger partial charge in [-0.2, -0.15) is 0 Å². The molecule has 0 amide bonds. The van der Waals surface area contributed by atoms with Crippen LogP contribution >= 0.6 is 11.6 Å². The van der Waals surface area contributed by atoms with Crippen LogP contribution in [0.3, 0.4) is 0 Å². The van der Waals surface area contributed by atoms with Crippen molar-refractivity contribution in [2.75, 3.05) is 0 Å². The van der Waals surface area contributed by atoms with Crippen molar-refractivity contribution < 1.29 is 13.9 Å². The summed E-state index contributed by atoms with van der Waals surface area (Å²) in [5.41, 5.74) is 3.04. The first-order chi connectivity index (χ1) is 12.9. The molecule has 1 aromatic heterocycles. The van der Waals surface area contributed by atoms with Crippen LogP contribution in [-0.4, -0.2) is 5.97 Å². The number of carbonyl (C=O) groups is 1. The number of halogens is 1. The zero-order valence-corrected chi connectivity index (χ0v) is 15.9. The van der Waals surface area contributed by atoms with Gasteiger partial charge in [0.25, 0.3) is 0 Å². The third-order valence-electron chi connectivity index (χ3n) is 5.41. The monoisotopic (exact) mass is 382 g/mol. The van der Waals surface area contributed by atoms with E-state index in [0.29, 0.717) is 16.2 Å². The van der Waals surface area contributed by atoms with E-state index in [1.165, 1.54) is 6.07 Å². The maximum Gasteiger partial charge on any atom is 0.336 e. The molecule has 0 aliphatic heterocycles. The molecule has 4 nitrogen and oxygen atoms in total. The molecule has 1 aliphatic rings. The van der Waals surface area contributed by atoms with Crippen molar-refractivity contribution in [1.29, 1.82) is 0 Å². The lowest BCUT2D eigenvalue weighted by molar-refractivity contribution is -0.148. The summed E-state index contributed by atoms with van der Waals surface area (Å²) in [6.45, 7) is 3.92. The number of ether oxygens (including phenoxy) is 1. The number of aryl methyl sites for hydroxylation is 2. The number of carbonyl (C=O) groups excluding carboxylic acids is 1. The number of hydrogen-bond acceptors (Lipinski definition) is 4. The predicted octanol–water partition coefficient (Wildman–Crippen LogP) is 4.84. The van der Waals surface area contributed by atoms with Gasteiger partial charge in [-0.25, -0.2) is 4.79 Å². The van der Waals surface area contributed by atoms with E-state index in [2.05, 4.69) is 0 Å². The molecule has 0 bridgehead atoms. The summed E-state index contributed by atoms with van der Waals surface area (Å²) in [5, 5.41) is 1.43. The van der Waals surface area contributed by atoms with Gasteiger partial charge in [-0.3, -0.25) is 4.79 Å². The lowest BCUT2D eigenvalue weighted by atomic mass is 9.96. The molecule has 1 saturated carbocycles. The highest BCUT2D eigenvalue weighted by Gasteiger charge is 2.52. The molecule has 0 spiro atoms. The van der Waals surface area contributed by atoms with Crippen LogP contribution in [-0.2, 0) is 21.6 Å². The number of rotatable bonds is 4. The van der Waals surface area contributed by atoms with Crippen LogP contribution in [0.1, 0.15) is 35.1 Å². The van der Waals surface area contributed by atoms with Crippen LogP contribution < -0.4 is 5.63 Å². The van der Waals surface area contributed by atoms with Crippen molar-refractivity contribution in [3.63, 3.8) is 0 Å². The number of hydrogen-bond donors (Lipinski definition) is 0. The van der Waals surface area contributed by atoms with Crippen molar-refractivity contribution in [2.24, 2.45) is 0 Å². The summed E-state index contributed by atoms with van der Waals surface area (Å²) in [6.07, 6.45) is 1.51. The lowest BCUT2D eigenvalue weighted by Crippen LogP contribution is -2.23. The second kappa shape index (κ2) is 6.54. The minimum absolute atomic E-state index is 0.0405. The highest BCUT2D eigenvalue weighted by molar-refractivity contribution is 6.30. The van der Waals surface area contributed by atoms with E-state index in [1.54, 1.807) is 12.1 Å². The summed E-state index contributed by atoms with van der Waals surface area (Å²) in [5.74, 6) is -0.268. The molecule has 138 valence electrons. The van der Waals surface area contributed by atoms with Gasteiger partial charge in [0, 0.05) is 22.0 Å². The number of esters is 1. The molecule has 1 heterocycles. The van der Waals surface area contributed by atoms with E-state index in [1.807, 2.05) is 38.1 Å². The Morgan fingerprint density at radius 2 is 1.85 bits per heavy atom. The van der Waals surface area contributed by atoms with Gasteiger partial charge in [0.2, 0.25) is 0 Å². The van der Waals surface area contributed by atoms with E-state index in [4.69, 9.17) is 20.8 Å². The number of fused-ring (bicyclic) bond motifs is 1. The minimum Gasteiger partial charge on any atom is -0.460 e. The molecule has 1 aliphatic carbocycles. The van der Waals surface area contributed by atoms with Crippen molar-refractivity contribution >= 4 is 28.5 Å². The van der Waals surface area contributed by atoms with Crippen LogP contribution in [0, 0.1) is 13.8 Å². The zero-order valence-electron chi connectivity index (χ0n) is 15.2. The molecule has 0 radical (unpaired) electrons. The Hall–Kier alpha value is -2.59. The Morgan fingerprint density at radius 3 is 2.52 bits per heavy atom. The molecule has 0 unspecified atom stereocenters. The summed E-state index contributed by atoms with van der Waals surface area (Å²) >= 11 is 5.94. The highest BCUT2D eigenvalue weighted by Crippen LogP contribution is 2.49. The Kier molecular flexibility index (Phi) is 4.31. The molecule has 0 atom stereocenters. The molecule has 27 heavy (non-hydrogen) atoms. The van der Waals surface area contributed by atoms with Crippen molar-refractivity contribution in [3.05, 3.63) is 80.2 Å². The van der Waals surface area contributed by atoms with E-state index < -0.39 is 11.0 Å².